The molecule has 1 aliphatic rings. The van der Waals surface area contributed by atoms with E-state index in [-0.39, 0.29) is 18.3 Å². The predicted molar refractivity (Wildman–Crippen MR) is 153 cm³/mol. The highest BCUT2D eigenvalue weighted by molar-refractivity contribution is 5.85. The number of piperidine rings is 1. The number of carboxylic acids is 1. The minimum absolute atomic E-state index is 0. The molecule has 5 nitrogen and oxygen atoms in total. The highest BCUT2D eigenvalue weighted by Crippen LogP contribution is 2.45. The number of halogens is 1. The Labute approximate surface area is 232 Å². The van der Waals surface area contributed by atoms with Gasteiger partial charge in [-0.05, 0) is 55.7 Å². The van der Waals surface area contributed by atoms with Gasteiger partial charge in [-0.1, -0.05) is 98.3 Å². The quantitative estimate of drug-likeness (QED) is 0.309. The molecule has 3 aromatic carbocycles. The number of carboxylic acid groups (broad SMARTS) is 1. The second kappa shape index (κ2) is 12.0. The summed E-state index contributed by atoms with van der Waals surface area (Å²) < 4.78 is 0. The van der Waals surface area contributed by atoms with Crippen molar-refractivity contribution >= 4 is 18.4 Å². The van der Waals surface area contributed by atoms with Crippen molar-refractivity contribution in [3.05, 3.63) is 107 Å². The Bertz CT molecular complexity index is 1150. The van der Waals surface area contributed by atoms with Gasteiger partial charge in [-0.3, -0.25) is 9.69 Å². The van der Waals surface area contributed by atoms with Gasteiger partial charge in [0, 0.05) is 18.7 Å². The van der Waals surface area contributed by atoms with Crippen molar-refractivity contribution in [1.29, 1.82) is 0 Å². The van der Waals surface area contributed by atoms with Crippen LogP contribution >= 0.6 is 12.4 Å². The lowest BCUT2D eigenvalue weighted by molar-refractivity contribution is -0.148. The summed E-state index contributed by atoms with van der Waals surface area (Å²) in [7, 11) is 0. The molecule has 4 rings (SSSR count). The number of aliphatic carboxylic acids is 1. The van der Waals surface area contributed by atoms with E-state index in [9.17, 15) is 20.1 Å². The third kappa shape index (κ3) is 5.39. The molecule has 1 saturated heterocycles. The molecule has 204 valence electrons. The van der Waals surface area contributed by atoms with Crippen molar-refractivity contribution in [2.45, 2.75) is 63.2 Å². The van der Waals surface area contributed by atoms with Crippen LogP contribution in [0.2, 0.25) is 0 Å². The van der Waals surface area contributed by atoms with Crippen molar-refractivity contribution in [2.24, 2.45) is 5.92 Å². The van der Waals surface area contributed by atoms with E-state index in [0.717, 1.165) is 17.5 Å². The van der Waals surface area contributed by atoms with Crippen LogP contribution in [0.5, 0.6) is 0 Å². The first-order valence-electron chi connectivity index (χ1n) is 13.3. The summed E-state index contributed by atoms with van der Waals surface area (Å²) in [5.74, 6) is -0.960. The second-order valence-corrected chi connectivity index (χ2v) is 10.8. The van der Waals surface area contributed by atoms with Gasteiger partial charge in [-0.25, -0.2) is 0 Å². The first-order valence-corrected chi connectivity index (χ1v) is 13.3. The molecule has 38 heavy (non-hydrogen) atoms. The lowest BCUT2D eigenvalue weighted by atomic mass is 9.71. The molecule has 1 unspecified atom stereocenters. The molecule has 6 heteroatoms. The lowest BCUT2D eigenvalue weighted by Crippen LogP contribution is -2.53. The van der Waals surface area contributed by atoms with E-state index in [1.165, 1.54) is 0 Å². The molecule has 1 fully saturated rings. The third-order valence-corrected chi connectivity index (χ3v) is 8.20. The number of carbonyl (C=O) groups is 1. The Morgan fingerprint density at radius 2 is 1.26 bits per heavy atom. The van der Waals surface area contributed by atoms with Crippen LogP contribution in [-0.2, 0) is 21.5 Å². The smallest absolute Gasteiger partial charge is 0.313 e. The van der Waals surface area contributed by atoms with Gasteiger partial charge in [0.05, 0.1) is 5.41 Å². The van der Waals surface area contributed by atoms with Crippen LogP contribution in [0.4, 0.5) is 0 Å². The zero-order valence-corrected chi connectivity index (χ0v) is 23.3. The molecular formula is C32H40ClNO4. The van der Waals surface area contributed by atoms with Crippen LogP contribution in [0.25, 0.3) is 0 Å². The van der Waals surface area contributed by atoms with Gasteiger partial charge < -0.3 is 15.3 Å². The first-order chi connectivity index (χ1) is 17.7. The van der Waals surface area contributed by atoms with Crippen LogP contribution in [-0.4, -0.2) is 39.3 Å². The van der Waals surface area contributed by atoms with Gasteiger partial charge in [-0.2, -0.15) is 0 Å². The summed E-state index contributed by atoms with van der Waals surface area (Å²) in [4.78, 5) is 14.2. The standard InChI is InChI=1S/C32H39NO4.ClH/c1-4-21-31(36,28-18-12-11-17-27(28)30(2,3)29(34)35)33-22-19-26(20-23-33)32(37,24-13-7-5-8-14-24)25-15-9-6-10-16-25;/h5-18,26,36-37H,4,19-23H2,1-3H3,(H,34,35);1H. The fraction of sp³-hybridized carbons (Fsp3) is 0.406. The molecule has 1 atom stereocenters. The van der Waals surface area contributed by atoms with Crippen molar-refractivity contribution < 1.29 is 20.1 Å². The Hall–Kier alpha value is -2.70. The fourth-order valence-corrected chi connectivity index (χ4v) is 5.99. The van der Waals surface area contributed by atoms with Crippen LogP contribution in [0.3, 0.4) is 0 Å². The van der Waals surface area contributed by atoms with Crippen molar-refractivity contribution in [3.63, 3.8) is 0 Å². The molecule has 0 spiro atoms. The zero-order valence-electron chi connectivity index (χ0n) is 22.5. The van der Waals surface area contributed by atoms with E-state index in [4.69, 9.17) is 0 Å². The predicted octanol–water partition coefficient (Wildman–Crippen LogP) is 6.06. The normalized spacial score (nSPS) is 16.9. The Balaban J connectivity index is 0.00000400. The minimum Gasteiger partial charge on any atom is -0.481 e. The van der Waals surface area contributed by atoms with E-state index in [0.29, 0.717) is 43.5 Å². The fourth-order valence-electron chi connectivity index (χ4n) is 5.99. The van der Waals surface area contributed by atoms with Gasteiger partial charge in [0.15, 0.2) is 0 Å². The number of hydrogen-bond acceptors (Lipinski definition) is 4. The summed E-state index contributed by atoms with van der Waals surface area (Å²) in [6.07, 6.45) is 2.62. The Morgan fingerprint density at radius 1 is 0.816 bits per heavy atom. The topological polar surface area (TPSA) is 81.0 Å². The van der Waals surface area contributed by atoms with Gasteiger partial charge in [0.2, 0.25) is 0 Å². The summed E-state index contributed by atoms with van der Waals surface area (Å²) in [5, 5.41) is 34.4. The van der Waals surface area contributed by atoms with E-state index < -0.39 is 22.7 Å². The molecule has 3 N–H and O–H groups in total. The van der Waals surface area contributed by atoms with E-state index in [1.54, 1.807) is 13.8 Å². The molecule has 1 heterocycles. The number of benzene rings is 3. The van der Waals surface area contributed by atoms with Crippen LogP contribution < -0.4 is 0 Å². The molecule has 1 aliphatic heterocycles. The van der Waals surface area contributed by atoms with Crippen molar-refractivity contribution in [3.8, 4) is 0 Å². The van der Waals surface area contributed by atoms with Gasteiger partial charge in [-0.15, -0.1) is 12.4 Å². The lowest BCUT2D eigenvalue weighted by Gasteiger charge is -2.48. The summed E-state index contributed by atoms with van der Waals surface area (Å²) >= 11 is 0. The summed E-state index contributed by atoms with van der Waals surface area (Å²) in [5.41, 5.74) is -0.539. The summed E-state index contributed by atoms with van der Waals surface area (Å²) in [6.45, 7) is 6.58. The average Bonchev–Trinajstić information content (AvgIpc) is 2.93. The zero-order chi connectivity index (χ0) is 26.7. The molecular weight excluding hydrogens is 498 g/mol. The maximum Gasteiger partial charge on any atom is 0.313 e. The molecule has 0 bridgehead atoms. The number of nitrogens with zero attached hydrogens (tertiary/aromatic N) is 1. The highest BCUT2D eigenvalue weighted by atomic mass is 35.5. The number of aliphatic hydroxyl groups is 2. The second-order valence-electron chi connectivity index (χ2n) is 10.8. The molecule has 0 saturated carbocycles. The first kappa shape index (κ1) is 29.9. The van der Waals surface area contributed by atoms with Gasteiger partial charge in [0.1, 0.15) is 11.3 Å². The largest absolute Gasteiger partial charge is 0.481 e. The maximum atomic E-state index is 12.3. The van der Waals surface area contributed by atoms with Gasteiger partial charge >= 0.3 is 5.97 Å². The monoisotopic (exact) mass is 537 g/mol. The van der Waals surface area contributed by atoms with E-state index in [1.807, 2.05) is 91.9 Å². The summed E-state index contributed by atoms with van der Waals surface area (Å²) in [6, 6.07) is 27.1. The molecule has 0 radical (unpaired) electrons. The highest BCUT2D eigenvalue weighted by Gasteiger charge is 2.47. The molecule has 3 aromatic rings. The average molecular weight is 538 g/mol. The van der Waals surface area contributed by atoms with Gasteiger partial charge in [0.25, 0.3) is 0 Å². The maximum absolute atomic E-state index is 12.3. The van der Waals surface area contributed by atoms with E-state index in [2.05, 4.69) is 4.90 Å². The van der Waals surface area contributed by atoms with E-state index >= 15 is 0 Å². The van der Waals surface area contributed by atoms with Crippen LogP contribution in [0, 0.1) is 5.92 Å². The van der Waals surface area contributed by atoms with Crippen LogP contribution in [0.1, 0.15) is 68.7 Å². The molecule has 0 aliphatic carbocycles. The molecule has 0 amide bonds. The third-order valence-electron chi connectivity index (χ3n) is 8.20. The Kier molecular flexibility index (Phi) is 9.43. The number of hydrogen-bond donors (Lipinski definition) is 3. The number of likely N-dealkylation sites (tertiary alicyclic amines) is 1. The van der Waals surface area contributed by atoms with Crippen molar-refractivity contribution in [2.75, 3.05) is 13.1 Å². The van der Waals surface area contributed by atoms with Crippen molar-refractivity contribution in [1.82, 2.24) is 4.90 Å². The number of rotatable bonds is 9. The Morgan fingerprint density at radius 3 is 1.71 bits per heavy atom. The van der Waals surface area contributed by atoms with Crippen LogP contribution in [0.15, 0.2) is 84.9 Å². The minimum atomic E-state index is -1.29. The molecule has 0 aromatic heterocycles. The SMILES string of the molecule is CCCC(O)(c1ccccc1C(C)(C)C(=O)O)N1CCC(C(O)(c2ccccc2)c2ccccc2)CC1.Cl.